The van der Waals surface area contributed by atoms with E-state index in [0.717, 1.165) is 16.8 Å². The fraction of sp³-hybridized carbons (Fsp3) is 0.167. The normalized spacial score (nSPS) is 16.6. The van der Waals surface area contributed by atoms with Gasteiger partial charge in [-0.2, -0.15) is 9.78 Å². The zero-order chi connectivity index (χ0) is 19.3. The highest BCUT2D eigenvalue weighted by molar-refractivity contribution is 8.00. The van der Waals surface area contributed by atoms with Crippen molar-refractivity contribution in [3.8, 4) is 5.82 Å². The third kappa shape index (κ3) is 2.74. The number of anilines is 1. The Balaban J connectivity index is 1.74. The molecular weight excluding hydrogens is 398 g/mol. The average molecular weight is 412 g/mol. The van der Waals surface area contributed by atoms with Crippen molar-refractivity contribution in [3.63, 3.8) is 0 Å². The SMILES string of the molecule is Cc1nn(-c2ncnc3nc[nH]c23)c2c1[C@H](c1cccc(Cl)c1)SCC(=O)N2. The molecule has 1 aliphatic rings. The van der Waals surface area contributed by atoms with Crippen molar-refractivity contribution >= 4 is 46.3 Å². The van der Waals surface area contributed by atoms with Gasteiger partial charge in [0.15, 0.2) is 11.5 Å². The second-order valence-electron chi connectivity index (χ2n) is 6.35. The lowest BCUT2D eigenvalue weighted by atomic mass is 10.0. The van der Waals surface area contributed by atoms with Gasteiger partial charge in [-0.15, -0.1) is 11.8 Å². The first-order chi connectivity index (χ1) is 13.6. The van der Waals surface area contributed by atoms with Crippen LogP contribution >= 0.6 is 23.4 Å². The number of aromatic nitrogens is 6. The maximum Gasteiger partial charge on any atom is 0.235 e. The van der Waals surface area contributed by atoms with E-state index in [1.165, 1.54) is 6.33 Å². The van der Waals surface area contributed by atoms with Crippen molar-refractivity contribution in [3.05, 3.63) is 58.8 Å². The second-order valence-corrected chi connectivity index (χ2v) is 7.88. The van der Waals surface area contributed by atoms with Crippen molar-refractivity contribution in [1.82, 2.24) is 29.7 Å². The lowest BCUT2D eigenvalue weighted by Gasteiger charge is -2.15. The number of hydrogen-bond donors (Lipinski definition) is 2. The zero-order valence-electron chi connectivity index (χ0n) is 14.7. The number of rotatable bonds is 2. The van der Waals surface area contributed by atoms with Gasteiger partial charge in [0.05, 0.1) is 23.0 Å². The molecule has 0 bridgehead atoms. The number of H-pyrrole nitrogens is 1. The number of nitrogens with one attached hydrogen (secondary N) is 2. The highest BCUT2D eigenvalue weighted by Crippen LogP contribution is 2.44. The van der Waals surface area contributed by atoms with Crippen LogP contribution in [0.25, 0.3) is 17.0 Å². The minimum absolute atomic E-state index is 0.0829. The number of carbonyl (C=O) groups excluding carboxylic acids is 1. The van der Waals surface area contributed by atoms with Crippen LogP contribution in [0.4, 0.5) is 5.82 Å². The summed E-state index contributed by atoms with van der Waals surface area (Å²) >= 11 is 7.76. The molecule has 1 aromatic carbocycles. The Labute approximate surface area is 168 Å². The third-order valence-electron chi connectivity index (χ3n) is 4.56. The molecule has 1 atom stereocenters. The lowest BCUT2D eigenvalue weighted by molar-refractivity contribution is -0.113. The smallest absolute Gasteiger partial charge is 0.235 e. The number of hydrogen-bond acceptors (Lipinski definition) is 6. The van der Waals surface area contributed by atoms with Crippen LogP contribution in [0.5, 0.6) is 0 Å². The summed E-state index contributed by atoms with van der Waals surface area (Å²) in [4.78, 5) is 28.2. The lowest BCUT2D eigenvalue weighted by Crippen LogP contribution is -2.16. The number of imidazole rings is 1. The van der Waals surface area contributed by atoms with Crippen LogP contribution in [-0.2, 0) is 4.79 Å². The molecule has 5 rings (SSSR count). The molecule has 4 heterocycles. The number of thioether (sulfide) groups is 1. The van der Waals surface area contributed by atoms with Gasteiger partial charge in [0.2, 0.25) is 5.91 Å². The highest BCUT2D eigenvalue weighted by atomic mass is 35.5. The topological polar surface area (TPSA) is 101 Å². The summed E-state index contributed by atoms with van der Waals surface area (Å²) in [6.07, 6.45) is 2.99. The molecule has 140 valence electrons. The molecule has 0 unspecified atom stereocenters. The minimum atomic E-state index is -0.0909. The molecule has 1 amide bonds. The molecule has 0 spiro atoms. The second kappa shape index (κ2) is 6.61. The summed E-state index contributed by atoms with van der Waals surface area (Å²) in [5, 5.41) is 8.25. The van der Waals surface area contributed by atoms with Crippen LogP contribution in [-0.4, -0.2) is 41.4 Å². The van der Waals surface area contributed by atoms with E-state index in [4.69, 9.17) is 11.6 Å². The molecular formula is C18H14ClN7OS. The first-order valence-corrected chi connectivity index (χ1v) is 9.95. The monoisotopic (exact) mass is 411 g/mol. The predicted molar refractivity (Wildman–Crippen MR) is 108 cm³/mol. The van der Waals surface area contributed by atoms with Crippen LogP contribution in [0.3, 0.4) is 0 Å². The van der Waals surface area contributed by atoms with Gasteiger partial charge in [0.25, 0.3) is 0 Å². The first-order valence-electron chi connectivity index (χ1n) is 8.52. The van der Waals surface area contributed by atoms with Crippen molar-refractivity contribution in [2.45, 2.75) is 12.2 Å². The highest BCUT2D eigenvalue weighted by Gasteiger charge is 2.31. The zero-order valence-corrected chi connectivity index (χ0v) is 16.3. The van der Waals surface area contributed by atoms with Gasteiger partial charge in [-0.1, -0.05) is 23.7 Å². The van der Waals surface area contributed by atoms with Crippen LogP contribution in [0.1, 0.15) is 22.1 Å². The van der Waals surface area contributed by atoms with E-state index in [-0.39, 0.29) is 11.2 Å². The van der Waals surface area contributed by atoms with E-state index in [9.17, 15) is 4.79 Å². The minimum Gasteiger partial charge on any atom is -0.340 e. The molecule has 2 N–H and O–H groups in total. The van der Waals surface area contributed by atoms with Gasteiger partial charge >= 0.3 is 0 Å². The maximum atomic E-state index is 12.4. The molecule has 3 aromatic heterocycles. The Morgan fingerprint density at radius 1 is 1.29 bits per heavy atom. The van der Waals surface area contributed by atoms with Gasteiger partial charge < -0.3 is 10.3 Å². The molecule has 0 aliphatic carbocycles. The van der Waals surface area contributed by atoms with Gasteiger partial charge in [-0.25, -0.2) is 15.0 Å². The van der Waals surface area contributed by atoms with Crippen molar-refractivity contribution in [2.24, 2.45) is 0 Å². The predicted octanol–water partition coefficient (Wildman–Crippen LogP) is 3.28. The summed E-state index contributed by atoms with van der Waals surface area (Å²) in [5.74, 6) is 1.37. The summed E-state index contributed by atoms with van der Waals surface area (Å²) in [5.41, 5.74) is 3.95. The van der Waals surface area contributed by atoms with E-state index in [0.29, 0.717) is 33.6 Å². The number of nitrogens with zero attached hydrogens (tertiary/aromatic N) is 5. The summed E-state index contributed by atoms with van der Waals surface area (Å²) in [6, 6.07) is 7.68. The van der Waals surface area contributed by atoms with Gasteiger partial charge in [-0.05, 0) is 24.6 Å². The van der Waals surface area contributed by atoms with E-state index < -0.39 is 0 Å². The summed E-state index contributed by atoms with van der Waals surface area (Å²) in [7, 11) is 0. The van der Waals surface area contributed by atoms with Gasteiger partial charge in [0, 0.05) is 10.6 Å². The van der Waals surface area contributed by atoms with Gasteiger partial charge in [0.1, 0.15) is 17.7 Å². The molecule has 0 saturated heterocycles. The molecule has 8 nitrogen and oxygen atoms in total. The first kappa shape index (κ1) is 17.2. The molecule has 0 radical (unpaired) electrons. The largest absolute Gasteiger partial charge is 0.340 e. The van der Waals surface area contributed by atoms with Crippen LogP contribution in [0, 0.1) is 6.92 Å². The number of carbonyl (C=O) groups is 1. The Kier molecular flexibility index (Phi) is 4.06. The number of halogens is 1. The number of amides is 1. The Morgan fingerprint density at radius 3 is 3.04 bits per heavy atom. The van der Waals surface area contributed by atoms with E-state index >= 15 is 0 Å². The average Bonchev–Trinajstić information content (AvgIpc) is 3.23. The van der Waals surface area contributed by atoms with Crippen molar-refractivity contribution < 1.29 is 4.79 Å². The summed E-state index contributed by atoms with van der Waals surface area (Å²) < 4.78 is 1.65. The molecule has 28 heavy (non-hydrogen) atoms. The fourth-order valence-corrected chi connectivity index (χ4v) is 4.76. The molecule has 10 heteroatoms. The van der Waals surface area contributed by atoms with Crippen LogP contribution < -0.4 is 5.32 Å². The number of benzene rings is 1. The molecule has 0 saturated carbocycles. The maximum absolute atomic E-state index is 12.4. The van der Waals surface area contributed by atoms with E-state index in [1.807, 2.05) is 31.2 Å². The number of aryl methyl sites for hydroxylation is 1. The Bertz CT molecular complexity index is 1220. The Hall–Kier alpha value is -2.91. The summed E-state index contributed by atoms with van der Waals surface area (Å²) in [6.45, 7) is 1.93. The number of aromatic amines is 1. The van der Waals surface area contributed by atoms with Crippen molar-refractivity contribution in [1.29, 1.82) is 0 Å². The molecule has 4 aromatic rings. The van der Waals surface area contributed by atoms with E-state index in [1.54, 1.807) is 22.8 Å². The molecule has 1 aliphatic heterocycles. The van der Waals surface area contributed by atoms with Crippen LogP contribution in [0.2, 0.25) is 5.02 Å². The standard InChI is InChI=1S/C18H14ClN7OS/c1-9-13-15(10-3-2-4-11(19)5-10)28-6-12(27)24-17(13)26(25-9)18-14-16(21-7-20-14)22-8-23-18/h2-5,7-8,15H,6H2,1H3,(H,24,27)(H,20,21,22,23)/t15-/m0/s1. The Morgan fingerprint density at radius 2 is 2.18 bits per heavy atom. The van der Waals surface area contributed by atoms with Gasteiger partial charge in [-0.3, -0.25) is 4.79 Å². The number of fused-ring (bicyclic) bond motifs is 2. The van der Waals surface area contributed by atoms with E-state index in [2.05, 4.69) is 30.4 Å². The quantitative estimate of drug-likeness (QED) is 0.525. The fourth-order valence-electron chi connectivity index (χ4n) is 3.38. The van der Waals surface area contributed by atoms with Crippen LogP contribution in [0.15, 0.2) is 36.9 Å². The van der Waals surface area contributed by atoms with Crippen molar-refractivity contribution in [2.75, 3.05) is 11.1 Å². The third-order valence-corrected chi connectivity index (χ3v) is 6.07. The molecule has 0 fully saturated rings.